The van der Waals surface area contributed by atoms with E-state index in [1.807, 2.05) is 0 Å². The molecule has 2 N–H and O–H groups in total. The van der Waals surface area contributed by atoms with E-state index >= 15 is 0 Å². The number of rotatable bonds is 1. The van der Waals surface area contributed by atoms with E-state index in [2.05, 4.69) is 4.98 Å². The molecule has 0 aliphatic rings. The summed E-state index contributed by atoms with van der Waals surface area (Å²) in [5, 5.41) is 18.4. The molecule has 0 saturated heterocycles. The van der Waals surface area contributed by atoms with Crippen LogP contribution >= 0.6 is 0 Å². The summed E-state index contributed by atoms with van der Waals surface area (Å²) in [5.74, 6) is -0.976. The number of phenolic OH excluding ortho intramolecular Hbond substituents is 1. The summed E-state index contributed by atoms with van der Waals surface area (Å²) in [6.07, 6.45) is 0. The minimum absolute atomic E-state index is 0.0942. The maximum Gasteiger partial charge on any atom is 0.373 e. The van der Waals surface area contributed by atoms with Gasteiger partial charge in [0.15, 0.2) is 0 Å². The van der Waals surface area contributed by atoms with E-state index in [9.17, 15) is 9.90 Å². The molecular weight excluding hydrogens is 224 g/mol. The summed E-state index contributed by atoms with van der Waals surface area (Å²) in [7, 11) is 0. The maximum absolute atomic E-state index is 10.9. The van der Waals surface area contributed by atoms with Crippen molar-refractivity contribution in [2.75, 3.05) is 0 Å². The monoisotopic (exact) mass is 232 g/mol. The van der Waals surface area contributed by atoms with Crippen LogP contribution in [0.2, 0.25) is 0 Å². The lowest BCUT2D eigenvalue weighted by atomic mass is 10.3. The van der Waals surface area contributed by atoms with Gasteiger partial charge >= 0.3 is 11.8 Å². The smallest absolute Gasteiger partial charge is 0.373 e. The topological polar surface area (TPSA) is 88.0 Å². The van der Waals surface area contributed by atoms with Gasteiger partial charge in [-0.2, -0.15) is 4.98 Å². The number of phenols is 1. The van der Waals surface area contributed by atoms with Gasteiger partial charge in [0.25, 0.3) is 0 Å². The number of aromatic nitrogens is 2. The highest BCUT2D eigenvalue weighted by Gasteiger charge is 2.20. The molecule has 0 bridgehead atoms. The second-order valence-electron chi connectivity index (χ2n) is 3.72. The number of carboxylic acid groups (broad SMARTS) is 1. The third-order valence-corrected chi connectivity index (χ3v) is 2.66. The zero-order valence-corrected chi connectivity index (χ0v) is 8.84. The zero-order valence-electron chi connectivity index (χ0n) is 8.84. The van der Waals surface area contributed by atoms with Crippen LogP contribution in [-0.2, 0) is 0 Å². The van der Waals surface area contributed by atoms with Gasteiger partial charge in [-0.25, -0.2) is 4.79 Å². The largest absolute Gasteiger partial charge is 0.508 e. The van der Waals surface area contributed by atoms with Crippen molar-refractivity contribution in [3.8, 4) is 5.75 Å². The third kappa shape index (κ3) is 1.20. The molecule has 1 aromatic carbocycles. The first-order valence-electron chi connectivity index (χ1n) is 4.92. The number of hydrogen-bond acceptors (Lipinski definition) is 4. The number of nitrogens with zero attached hydrogens (tertiary/aromatic N) is 2. The molecule has 0 unspecified atom stereocenters. The van der Waals surface area contributed by atoms with Crippen LogP contribution in [-0.4, -0.2) is 25.6 Å². The lowest BCUT2D eigenvalue weighted by Gasteiger charge is -1.94. The van der Waals surface area contributed by atoms with Gasteiger partial charge < -0.3 is 14.6 Å². The average molecular weight is 232 g/mol. The first kappa shape index (κ1) is 9.71. The number of oxazole rings is 1. The number of fused-ring (bicyclic) bond motifs is 3. The Morgan fingerprint density at radius 3 is 2.94 bits per heavy atom. The number of aryl methyl sites for hydroxylation is 1. The van der Waals surface area contributed by atoms with Crippen molar-refractivity contribution in [1.29, 1.82) is 0 Å². The van der Waals surface area contributed by atoms with Crippen LogP contribution in [0.1, 0.15) is 16.2 Å². The third-order valence-electron chi connectivity index (χ3n) is 2.66. The Hall–Kier alpha value is -2.50. The van der Waals surface area contributed by atoms with E-state index in [0.717, 1.165) is 0 Å². The van der Waals surface area contributed by atoms with Gasteiger partial charge in [-0.15, -0.1) is 0 Å². The van der Waals surface area contributed by atoms with Gasteiger partial charge in [0.1, 0.15) is 5.75 Å². The molecule has 0 spiro atoms. The number of carboxylic acids is 1. The predicted octanol–water partition coefficient (Wildman–Crippen LogP) is 1.79. The quantitative estimate of drug-likeness (QED) is 0.667. The molecule has 86 valence electrons. The minimum atomic E-state index is -1.14. The van der Waals surface area contributed by atoms with Gasteiger partial charge in [0.2, 0.25) is 5.76 Å². The molecular formula is C11H8N2O4. The van der Waals surface area contributed by atoms with Gasteiger partial charge in [-0.3, -0.25) is 4.40 Å². The average Bonchev–Trinajstić information content (AvgIpc) is 2.76. The van der Waals surface area contributed by atoms with Crippen LogP contribution in [0.15, 0.2) is 22.6 Å². The van der Waals surface area contributed by atoms with E-state index in [0.29, 0.717) is 16.7 Å². The molecule has 17 heavy (non-hydrogen) atoms. The molecule has 0 aliphatic heterocycles. The Kier molecular flexibility index (Phi) is 1.72. The number of aromatic hydroxyl groups is 1. The van der Waals surface area contributed by atoms with Crippen LogP contribution < -0.4 is 0 Å². The zero-order chi connectivity index (χ0) is 12.2. The van der Waals surface area contributed by atoms with Gasteiger partial charge in [0.05, 0.1) is 16.7 Å². The molecule has 0 saturated carbocycles. The van der Waals surface area contributed by atoms with Crippen molar-refractivity contribution in [2.45, 2.75) is 6.92 Å². The molecule has 2 heterocycles. The SMILES string of the molecule is Cc1c(C(=O)O)oc2nc3ccc(O)cc3n12. The Morgan fingerprint density at radius 1 is 1.47 bits per heavy atom. The highest BCUT2D eigenvalue weighted by molar-refractivity contribution is 5.88. The Balaban J connectivity index is 2.48. The van der Waals surface area contributed by atoms with Crippen molar-refractivity contribution in [3.05, 3.63) is 29.7 Å². The molecule has 0 atom stereocenters. The second kappa shape index (κ2) is 3.00. The summed E-state index contributed by atoms with van der Waals surface area (Å²) in [5.41, 5.74) is 1.70. The van der Waals surface area contributed by atoms with Crippen molar-refractivity contribution >= 4 is 22.8 Å². The fourth-order valence-corrected chi connectivity index (χ4v) is 1.90. The fourth-order valence-electron chi connectivity index (χ4n) is 1.90. The molecule has 6 heteroatoms. The van der Waals surface area contributed by atoms with E-state index in [1.54, 1.807) is 17.4 Å². The number of carbonyl (C=O) groups is 1. The van der Waals surface area contributed by atoms with Crippen molar-refractivity contribution in [2.24, 2.45) is 0 Å². The van der Waals surface area contributed by atoms with Crippen molar-refractivity contribution < 1.29 is 19.4 Å². The van der Waals surface area contributed by atoms with Gasteiger partial charge in [-0.1, -0.05) is 0 Å². The van der Waals surface area contributed by atoms with Crippen LogP contribution in [0.5, 0.6) is 5.75 Å². The summed E-state index contributed by atoms with van der Waals surface area (Å²) >= 11 is 0. The summed E-state index contributed by atoms with van der Waals surface area (Å²) in [6.45, 7) is 1.63. The lowest BCUT2D eigenvalue weighted by molar-refractivity contribution is 0.0663. The first-order valence-corrected chi connectivity index (χ1v) is 4.92. The molecule has 6 nitrogen and oxygen atoms in total. The molecule has 2 aromatic heterocycles. The maximum atomic E-state index is 10.9. The molecule has 0 amide bonds. The Bertz CT molecular complexity index is 754. The predicted molar refractivity (Wildman–Crippen MR) is 58.3 cm³/mol. The standard InChI is InChI=1S/C11H8N2O4/c1-5-9(10(15)16)17-11-12-7-3-2-6(14)4-8(7)13(5)11/h2-4,14H,1H3,(H,15,16). The molecule has 3 aromatic rings. The van der Waals surface area contributed by atoms with Crippen molar-refractivity contribution in [3.63, 3.8) is 0 Å². The number of imidazole rings is 1. The van der Waals surface area contributed by atoms with E-state index in [1.165, 1.54) is 12.1 Å². The highest BCUT2D eigenvalue weighted by atomic mass is 16.4. The molecule has 0 aliphatic carbocycles. The van der Waals surface area contributed by atoms with E-state index in [4.69, 9.17) is 9.52 Å². The van der Waals surface area contributed by atoms with Crippen molar-refractivity contribution in [1.82, 2.24) is 9.38 Å². The summed E-state index contributed by atoms with van der Waals surface area (Å²) in [4.78, 5) is 15.1. The lowest BCUT2D eigenvalue weighted by Crippen LogP contribution is -1.97. The summed E-state index contributed by atoms with van der Waals surface area (Å²) < 4.78 is 6.72. The summed E-state index contributed by atoms with van der Waals surface area (Å²) in [6, 6.07) is 4.68. The highest BCUT2D eigenvalue weighted by Crippen LogP contribution is 2.25. The number of benzene rings is 1. The van der Waals surface area contributed by atoms with Crippen LogP contribution in [0.4, 0.5) is 0 Å². The second-order valence-corrected chi connectivity index (χ2v) is 3.72. The molecule has 0 fully saturated rings. The number of hydrogen-bond donors (Lipinski definition) is 2. The fraction of sp³-hybridized carbons (Fsp3) is 0.0909. The van der Waals surface area contributed by atoms with E-state index < -0.39 is 5.97 Å². The normalized spacial score (nSPS) is 11.4. The Labute approximate surface area is 94.7 Å². The van der Waals surface area contributed by atoms with E-state index in [-0.39, 0.29) is 17.4 Å². The molecule has 3 rings (SSSR count). The van der Waals surface area contributed by atoms with Gasteiger partial charge in [-0.05, 0) is 19.1 Å². The van der Waals surface area contributed by atoms with Crippen LogP contribution in [0.25, 0.3) is 16.9 Å². The van der Waals surface area contributed by atoms with Crippen LogP contribution in [0, 0.1) is 6.92 Å². The number of aromatic carboxylic acids is 1. The minimum Gasteiger partial charge on any atom is -0.508 e. The van der Waals surface area contributed by atoms with Gasteiger partial charge in [0, 0.05) is 6.07 Å². The first-order chi connectivity index (χ1) is 8.08. The Morgan fingerprint density at radius 2 is 2.24 bits per heavy atom. The molecule has 0 radical (unpaired) electrons. The van der Waals surface area contributed by atoms with Crippen LogP contribution in [0.3, 0.4) is 0 Å².